The first-order chi connectivity index (χ1) is 9.67. The summed E-state index contributed by atoms with van der Waals surface area (Å²) in [5, 5.41) is 0. The van der Waals surface area contributed by atoms with Gasteiger partial charge in [-0.05, 0) is 66.0 Å². The van der Waals surface area contributed by atoms with Crippen LogP contribution in [0, 0.1) is 0 Å². The molecule has 4 heteroatoms. The van der Waals surface area contributed by atoms with Gasteiger partial charge in [-0.25, -0.2) is 0 Å². The number of hydrogen-bond acceptors (Lipinski definition) is 3. The Hall–Kier alpha value is -0.580. The molecule has 0 amide bonds. The molecule has 2 N–H and O–H groups in total. The first kappa shape index (κ1) is 15.8. The fraction of sp³-hybridized carbons (Fsp3) is 0.625. The fourth-order valence-corrected chi connectivity index (χ4v) is 3.68. The van der Waals surface area contributed by atoms with Crippen molar-refractivity contribution in [3.05, 3.63) is 28.2 Å². The molecule has 2 rings (SSSR count). The summed E-state index contributed by atoms with van der Waals surface area (Å²) < 4.78 is 6.33. The van der Waals surface area contributed by atoms with Gasteiger partial charge in [-0.3, -0.25) is 4.90 Å². The van der Waals surface area contributed by atoms with Gasteiger partial charge in [-0.1, -0.05) is 19.4 Å². The van der Waals surface area contributed by atoms with E-state index in [0.29, 0.717) is 6.04 Å². The van der Waals surface area contributed by atoms with Crippen molar-refractivity contribution in [3.8, 4) is 5.75 Å². The molecule has 2 atom stereocenters. The molecule has 1 fully saturated rings. The Labute approximate surface area is 130 Å². The highest BCUT2D eigenvalue weighted by molar-refractivity contribution is 9.10. The number of methoxy groups -OCH3 is 1. The molecule has 1 aliphatic rings. The second-order valence-corrected chi connectivity index (χ2v) is 6.39. The van der Waals surface area contributed by atoms with Crippen LogP contribution in [0.5, 0.6) is 5.75 Å². The molecule has 1 aromatic rings. The first-order valence-electron chi connectivity index (χ1n) is 7.50. The summed E-state index contributed by atoms with van der Waals surface area (Å²) in [5.41, 5.74) is 7.76. The van der Waals surface area contributed by atoms with E-state index in [2.05, 4.69) is 39.9 Å². The largest absolute Gasteiger partial charge is 0.496 e. The summed E-state index contributed by atoms with van der Waals surface area (Å²) in [6.07, 6.45) is 4.76. The Bertz CT molecular complexity index is 438. The molecule has 1 heterocycles. The van der Waals surface area contributed by atoms with Crippen LogP contribution in [0.3, 0.4) is 0 Å². The molecule has 0 aromatic heterocycles. The standard InChI is InChI=1S/C16H25BrN2O/c1-3-9-19-10-5-4-6-14(18)16(19)12-7-8-15(20-2)13(17)11-12/h7-8,11,14,16H,3-6,9-10,18H2,1-2H3. The molecular formula is C16H25BrN2O. The van der Waals surface area contributed by atoms with Crippen LogP contribution in [0.4, 0.5) is 0 Å². The van der Waals surface area contributed by atoms with Crippen LogP contribution in [-0.4, -0.2) is 31.1 Å². The predicted octanol–water partition coefficient (Wildman–Crippen LogP) is 3.72. The summed E-state index contributed by atoms with van der Waals surface area (Å²) in [6.45, 7) is 4.50. The Kier molecular flexibility index (Phi) is 5.87. The highest BCUT2D eigenvalue weighted by Gasteiger charge is 2.28. The number of likely N-dealkylation sites (tertiary alicyclic amines) is 1. The summed E-state index contributed by atoms with van der Waals surface area (Å²) in [6, 6.07) is 6.88. The van der Waals surface area contributed by atoms with Gasteiger partial charge in [0.25, 0.3) is 0 Å². The van der Waals surface area contributed by atoms with Gasteiger partial charge in [-0.2, -0.15) is 0 Å². The fourth-order valence-electron chi connectivity index (χ4n) is 3.13. The lowest BCUT2D eigenvalue weighted by Crippen LogP contribution is -2.40. The van der Waals surface area contributed by atoms with Crippen molar-refractivity contribution in [2.24, 2.45) is 5.73 Å². The van der Waals surface area contributed by atoms with Crippen molar-refractivity contribution in [2.45, 2.75) is 44.7 Å². The third kappa shape index (κ3) is 3.54. The van der Waals surface area contributed by atoms with E-state index in [1.807, 2.05) is 6.07 Å². The van der Waals surface area contributed by atoms with Gasteiger partial charge < -0.3 is 10.5 Å². The van der Waals surface area contributed by atoms with E-state index in [0.717, 1.165) is 29.7 Å². The summed E-state index contributed by atoms with van der Waals surface area (Å²) in [7, 11) is 1.69. The lowest BCUT2D eigenvalue weighted by molar-refractivity contribution is 0.185. The lowest BCUT2D eigenvalue weighted by Gasteiger charge is -2.33. The minimum absolute atomic E-state index is 0.212. The SMILES string of the molecule is CCCN1CCCCC(N)C1c1ccc(OC)c(Br)c1. The molecule has 3 nitrogen and oxygen atoms in total. The minimum atomic E-state index is 0.212. The first-order valence-corrected chi connectivity index (χ1v) is 8.29. The number of ether oxygens (including phenoxy) is 1. The zero-order valence-electron chi connectivity index (χ0n) is 12.4. The van der Waals surface area contributed by atoms with Crippen LogP contribution in [-0.2, 0) is 0 Å². The van der Waals surface area contributed by atoms with Gasteiger partial charge in [0.05, 0.1) is 11.6 Å². The zero-order valence-corrected chi connectivity index (χ0v) is 14.0. The number of halogens is 1. The van der Waals surface area contributed by atoms with Crippen LogP contribution >= 0.6 is 15.9 Å². The third-order valence-electron chi connectivity index (χ3n) is 4.06. The van der Waals surface area contributed by atoms with Crippen LogP contribution in [0.1, 0.15) is 44.2 Å². The van der Waals surface area contributed by atoms with E-state index in [9.17, 15) is 0 Å². The third-order valence-corrected chi connectivity index (χ3v) is 4.68. The average Bonchev–Trinajstić information content (AvgIpc) is 2.61. The van der Waals surface area contributed by atoms with Crippen LogP contribution in [0.2, 0.25) is 0 Å². The molecular weight excluding hydrogens is 316 g/mol. The van der Waals surface area contributed by atoms with Crippen molar-refractivity contribution >= 4 is 15.9 Å². The Morgan fingerprint density at radius 3 is 2.85 bits per heavy atom. The number of nitrogens with zero attached hydrogens (tertiary/aromatic N) is 1. The minimum Gasteiger partial charge on any atom is -0.496 e. The lowest BCUT2D eigenvalue weighted by atomic mass is 9.96. The van der Waals surface area contributed by atoms with Crippen molar-refractivity contribution in [1.29, 1.82) is 0 Å². The number of hydrogen-bond donors (Lipinski definition) is 1. The van der Waals surface area contributed by atoms with Crippen LogP contribution in [0.25, 0.3) is 0 Å². The smallest absolute Gasteiger partial charge is 0.133 e. The number of rotatable bonds is 4. The molecule has 2 unspecified atom stereocenters. The van der Waals surface area contributed by atoms with Gasteiger partial charge in [0, 0.05) is 12.1 Å². The van der Waals surface area contributed by atoms with E-state index < -0.39 is 0 Å². The Morgan fingerprint density at radius 2 is 2.20 bits per heavy atom. The highest BCUT2D eigenvalue weighted by atomic mass is 79.9. The van der Waals surface area contributed by atoms with E-state index in [-0.39, 0.29) is 6.04 Å². The molecule has 1 saturated heterocycles. The molecule has 20 heavy (non-hydrogen) atoms. The maximum atomic E-state index is 6.46. The molecule has 0 spiro atoms. The topological polar surface area (TPSA) is 38.5 Å². The normalized spacial score (nSPS) is 24.4. The van der Waals surface area contributed by atoms with Gasteiger partial charge >= 0.3 is 0 Å². The van der Waals surface area contributed by atoms with Gasteiger partial charge in [0.2, 0.25) is 0 Å². The summed E-state index contributed by atoms with van der Waals surface area (Å²) in [4.78, 5) is 2.55. The second-order valence-electron chi connectivity index (χ2n) is 5.53. The van der Waals surface area contributed by atoms with Crippen molar-refractivity contribution in [2.75, 3.05) is 20.2 Å². The number of nitrogens with two attached hydrogens (primary N) is 1. The molecule has 1 aromatic carbocycles. The van der Waals surface area contributed by atoms with Gasteiger partial charge in [-0.15, -0.1) is 0 Å². The van der Waals surface area contributed by atoms with E-state index in [1.54, 1.807) is 7.11 Å². The Balaban J connectivity index is 2.31. The van der Waals surface area contributed by atoms with Gasteiger partial charge in [0.15, 0.2) is 0 Å². The quantitative estimate of drug-likeness (QED) is 0.907. The number of benzene rings is 1. The molecule has 0 saturated carbocycles. The average molecular weight is 341 g/mol. The van der Waals surface area contributed by atoms with E-state index >= 15 is 0 Å². The molecule has 112 valence electrons. The van der Waals surface area contributed by atoms with E-state index in [1.165, 1.54) is 24.8 Å². The summed E-state index contributed by atoms with van der Waals surface area (Å²) >= 11 is 3.59. The van der Waals surface area contributed by atoms with Crippen LogP contribution < -0.4 is 10.5 Å². The second kappa shape index (κ2) is 7.43. The van der Waals surface area contributed by atoms with Crippen molar-refractivity contribution < 1.29 is 4.74 Å². The molecule has 1 aliphatic heterocycles. The summed E-state index contributed by atoms with van der Waals surface area (Å²) in [5.74, 6) is 0.873. The maximum Gasteiger partial charge on any atom is 0.133 e. The highest BCUT2D eigenvalue weighted by Crippen LogP contribution is 2.34. The Morgan fingerprint density at radius 1 is 1.40 bits per heavy atom. The predicted molar refractivity (Wildman–Crippen MR) is 87.1 cm³/mol. The van der Waals surface area contributed by atoms with Crippen molar-refractivity contribution in [1.82, 2.24) is 4.90 Å². The molecule has 0 aliphatic carbocycles. The zero-order chi connectivity index (χ0) is 14.5. The van der Waals surface area contributed by atoms with Crippen molar-refractivity contribution in [3.63, 3.8) is 0 Å². The molecule has 0 radical (unpaired) electrons. The molecule has 0 bridgehead atoms. The monoisotopic (exact) mass is 340 g/mol. The van der Waals surface area contributed by atoms with E-state index in [4.69, 9.17) is 10.5 Å². The maximum absolute atomic E-state index is 6.46. The van der Waals surface area contributed by atoms with Crippen LogP contribution in [0.15, 0.2) is 22.7 Å². The van der Waals surface area contributed by atoms with Gasteiger partial charge in [0.1, 0.15) is 5.75 Å².